The summed E-state index contributed by atoms with van der Waals surface area (Å²) in [6.07, 6.45) is 4.11. The van der Waals surface area contributed by atoms with Crippen LogP contribution in [-0.2, 0) is 11.2 Å². The predicted octanol–water partition coefficient (Wildman–Crippen LogP) is 5.35. The van der Waals surface area contributed by atoms with Crippen molar-refractivity contribution >= 4 is 39.7 Å². The zero-order valence-electron chi connectivity index (χ0n) is 15.1. The Morgan fingerprint density at radius 3 is 2.63 bits per heavy atom. The number of amides is 1. The number of aryl methyl sites for hydroxylation is 2. The molecule has 4 rings (SSSR count). The average Bonchev–Trinajstić information content (AvgIpc) is 3.21. The van der Waals surface area contributed by atoms with Crippen molar-refractivity contribution in [3.05, 3.63) is 77.1 Å². The lowest BCUT2D eigenvalue weighted by atomic mass is 10.1. The van der Waals surface area contributed by atoms with E-state index in [1.54, 1.807) is 23.1 Å². The van der Waals surface area contributed by atoms with E-state index in [-0.39, 0.29) is 12.3 Å². The summed E-state index contributed by atoms with van der Waals surface area (Å²) in [4.78, 5) is 20.0. The van der Waals surface area contributed by atoms with E-state index in [0.29, 0.717) is 0 Å². The number of hydrogen-bond acceptors (Lipinski definition) is 4. The molecule has 4 aromatic rings. The maximum atomic E-state index is 12.3. The number of benzene rings is 2. The van der Waals surface area contributed by atoms with E-state index in [1.165, 1.54) is 16.0 Å². The summed E-state index contributed by atoms with van der Waals surface area (Å²) in [5.74, 6) is -0.0599. The largest absolute Gasteiger partial charge is 0.326 e. The molecule has 0 radical (unpaired) electrons. The first-order valence-corrected chi connectivity index (χ1v) is 10.3. The third-order valence-electron chi connectivity index (χ3n) is 4.34. The first kappa shape index (κ1) is 17.8. The van der Waals surface area contributed by atoms with E-state index in [1.807, 2.05) is 46.4 Å². The molecule has 0 saturated heterocycles. The second-order valence-electron chi connectivity index (χ2n) is 6.42. The number of rotatable bonds is 5. The molecule has 0 unspecified atom stereocenters. The van der Waals surface area contributed by atoms with Gasteiger partial charge in [0.2, 0.25) is 5.91 Å². The van der Waals surface area contributed by atoms with E-state index < -0.39 is 0 Å². The van der Waals surface area contributed by atoms with Crippen LogP contribution < -0.4 is 5.32 Å². The molecule has 1 N–H and O–H groups in total. The van der Waals surface area contributed by atoms with Gasteiger partial charge in [-0.25, -0.2) is 4.98 Å². The second kappa shape index (κ2) is 7.58. The van der Waals surface area contributed by atoms with Gasteiger partial charge in [0, 0.05) is 33.3 Å². The van der Waals surface area contributed by atoms with Gasteiger partial charge in [0.1, 0.15) is 0 Å². The molecule has 2 aromatic heterocycles. The normalized spacial score (nSPS) is 11.0. The number of fused-ring (bicyclic) bond motifs is 1. The summed E-state index contributed by atoms with van der Waals surface area (Å²) in [6, 6.07) is 14.4. The number of carbonyl (C=O) groups excluding carboxylic acids is 1. The quantitative estimate of drug-likeness (QED) is 0.497. The molecule has 6 heteroatoms. The van der Waals surface area contributed by atoms with Crippen LogP contribution in [0.5, 0.6) is 0 Å². The third-order valence-corrected chi connectivity index (χ3v) is 6.11. The molecular weight excluding hydrogens is 374 g/mol. The molecule has 4 nitrogen and oxygen atoms in total. The van der Waals surface area contributed by atoms with Crippen LogP contribution >= 0.6 is 23.1 Å². The van der Waals surface area contributed by atoms with E-state index >= 15 is 0 Å². The molecule has 0 aliphatic rings. The lowest BCUT2D eigenvalue weighted by Crippen LogP contribution is -2.14. The molecule has 0 bridgehead atoms. The zero-order valence-corrected chi connectivity index (χ0v) is 16.7. The molecule has 27 heavy (non-hydrogen) atoms. The first-order valence-electron chi connectivity index (χ1n) is 8.63. The molecule has 1 amide bonds. The summed E-state index contributed by atoms with van der Waals surface area (Å²) in [5, 5.41) is 4.92. The van der Waals surface area contributed by atoms with Crippen molar-refractivity contribution < 1.29 is 4.79 Å². The minimum atomic E-state index is -0.0599. The van der Waals surface area contributed by atoms with Crippen molar-refractivity contribution in [3.8, 4) is 0 Å². The van der Waals surface area contributed by atoms with Crippen LogP contribution in [0, 0.1) is 13.8 Å². The highest BCUT2D eigenvalue weighted by Gasteiger charge is 2.09. The van der Waals surface area contributed by atoms with Crippen LogP contribution in [0.4, 0.5) is 5.69 Å². The van der Waals surface area contributed by atoms with Gasteiger partial charge in [-0.15, -0.1) is 11.3 Å². The van der Waals surface area contributed by atoms with Gasteiger partial charge >= 0.3 is 0 Å². The Morgan fingerprint density at radius 2 is 1.89 bits per heavy atom. The standard InChI is InChI=1S/C21H19N3OS2/c1-14-3-6-19(11-15(14)2)27-18-7-4-16(5-8-18)22-20(25)12-17-13-24-9-10-26-21(24)23-17/h3-11,13H,12H2,1-2H3,(H,22,25). The topological polar surface area (TPSA) is 46.4 Å². The monoisotopic (exact) mass is 393 g/mol. The summed E-state index contributed by atoms with van der Waals surface area (Å²) in [5.41, 5.74) is 4.17. The summed E-state index contributed by atoms with van der Waals surface area (Å²) >= 11 is 3.28. The Kier molecular flexibility index (Phi) is 5.01. The van der Waals surface area contributed by atoms with Gasteiger partial charge in [-0.1, -0.05) is 17.8 Å². The zero-order chi connectivity index (χ0) is 18.8. The maximum absolute atomic E-state index is 12.3. The lowest BCUT2D eigenvalue weighted by molar-refractivity contribution is -0.115. The minimum Gasteiger partial charge on any atom is -0.326 e. The fourth-order valence-corrected chi connectivity index (χ4v) is 4.39. The summed E-state index contributed by atoms with van der Waals surface area (Å²) in [7, 11) is 0. The minimum absolute atomic E-state index is 0.0599. The number of nitrogens with one attached hydrogen (secondary N) is 1. The van der Waals surface area contributed by atoms with Crippen LogP contribution in [0.1, 0.15) is 16.8 Å². The SMILES string of the molecule is Cc1ccc(Sc2ccc(NC(=O)Cc3cn4ccsc4n3)cc2)cc1C. The molecule has 0 aliphatic carbocycles. The number of anilines is 1. The van der Waals surface area contributed by atoms with Gasteiger partial charge < -0.3 is 5.32 Å². The second-order valence-corrected chi connectivity index (χ2v) is 8.44. The fourth-order valence-electron chi connectivity index (χ4n) is 2.75. The van der Waals surface area contributed by atoms with Gasteiger partial charge in [-0.2, -0.15) is 0 Å². The molecule has 0 atom stereocenters. The van der Waals surface area contributed by atoms with Gasteiger partial charge in [0.15, 0.2) is 4.96 Å². The molecule has 2 aromatic carbocycles. The first-order chi connectivity index (χ1) is 13.1. The Bertz CT molecular complexity index is 1070. The van der Waals surface area contributed by atoms with E-state index in [4.69, 9.17) is 0 Å². The van der Waals surface area contributed by atoms with Crippen LogP contribution in [-0.4, -0.2) is 15.3 Å². The molecule has 0 fully saturated rings. The van der Waals surface area contributed by atoms with Gasteiger partial charge in [0.25, 0.3) is 0 Å². The highest BCUT2D eigenvalue weighted by molar-refractivity contribution is 7.99. The number of thiazole rings is 1. The fraction of sp³-hybridized carbons (Fsp3) is 0.143. The van der Waals surface area contributed by atoms with Gasteiger partial charge in [0.05, 0.1) is 12.1 Å². The molecule has 2 heterocycles. The van der Waals surface area contributed by atoms with Crippen LogP contribution in [0.15, 0.2) is 70.0 Å². The molecule has 0 aliphatic heterocycles. The Morgan fingerprint density at radius 1 is 1.11 bits per heavy atom. The van der Waals surface area contributed by atoms with Crippen molar-refractivity contribution in [1.29, 1.82) is 0 Å². The van der Waals surface area contributed by atoms with Crippen molar-refractivity contribution in [2.24, 2.45) is 0 Å². The summed E-state index contributed by atoms with van der Waals surface area (Å²) < 4.78 is 1.94. The average molecular weight is 394 g/mol. The Labute approximate surface area is 166 Å². The van der Waals surface area contributed by atoms with Crippen LogP contribution in [0.2, 0.25) is 0 Å². The molecule has 0 saturated carbocycles. The number of hydrogen-bond donors (Lipinski definition) is 1. The maximum Gasteiger partial charge on any atom is 0.230 e. The van der Waals surface area contributed by atoms with Gasteiger partial charge in [-0.3, -0.25) is 9.20 Å². The van der Waals surface area contributed by atoms with E-state index in [0.717, 1.165) is 21.2 Å². The number of aromatic nitrogens is 2. The highest BCUT2D eigenvalue weighted by atomic mass is 32.2. The molecule has 0 spiro atoms. The molecule has 136 valence electrons. The van der Waals surface area contributed by atoms with Crippen molar-refractivity contribution in [2.45, 2.75) is 30.1 Å². The van der Waals surface area contributed by atoms with Crippen LogP contribution in [0.3, 0.4) is 0 Å². The van der Waals surface area contributed by atoms with E-state index in [9.17, 15) is 4.79 Å². The third kappa shape index (κ3) is 4.23. The number of imidazole rings is 1. The Balaban J connectivity index is 1.37. The number of nitrogens with zero attached hydrogens (tertiary/aromatic N) is 2. The number of carbonyl (C=O) groups is 1. The van der Waals surface area contributed by atoms with Crippen molar-refractivity contribution in [2.75, 3.05) is 5.32 Å². The smallest absolute Gasteiger partial charge is 0.230 e. The Hall–Kier alpha value is -2.57. The van der Waals surface area contributed by atoms with Crippen LogP contribution in [0.25, 0.3) is 4.96 Å². The van der Waals surface area contributed by atoms with Gasteiger partial charge in [-0.05, 0) is 61.4 Å². The van der Waals surface area contributed by atoms with E-state index in [2.05, 4.69) is 42.3 Å². The predicted molar refractivity (Wildman–Crippen MR) is 112 cm³/mol. The summed E-state index contributed by atoms with van der Waals surface area (Å²) in [6.45, 7) is 4.25. The van der Waals surface area contributed by atoms with Crippen molar-refractivity contribution in [1.82, 2.24) is 9.38 Å². The lowest BCUT2D eigenvalue weighted by Gasteiger charge is -2.07. The van der Waals surface area contributed by atoms with Crippen molar-refractivity contribution in [3.63, 3.8) is 0 Å². The highest BCUT2D eigenvalue weighted by Crippen LogP contribution is 2.29. The molecular formula is C21H19N3OS2.